The van der Waals surface area contributed by atoms with Gasteiger partial charge in [0.1, 0.15) is 0 Å². The zero-order valence-electron chi connectivity index (χ0n) is 9.66. The normalized spacial score (nSPS) is 31.6. The molecule has 0 aliphatic heterocycles. The maximum atomic E-state index is 2.41. The van der Waals surface area contributed by atoms with Gasteiger partial charge in [-0.05, 0) is 37.0 Å². The van der Waals surface area contributed by atoms with Gasteiger partial charge < -0.3 is 0 Å². The van der Waals surface area contributed by atoms with E-state index < -0.39 is 0 Å². The Kier molecular flexibility index (Phi) is 4.28. The molecule has 1 aliphatic rings. The molecule has 1 radical (unpaired) electrons. The van der Waals surface area contributed by atoms with E-state index in [1.54, 1.807) is 5.92 Å². The molecule has 0 aromatic rings. The highest BCUT2D eigenvalue weighted by atomic mass is 14.4. The van der Waals surface area contributed by atoms with Crippen molar-refractivity contribution in [3.05, 3.63) is 5.92 Å². The summed E-state index contributed by atoms with van der Waals surface area (Å²) >= 11 is 0. The minimum atomic E-state index is 0.630. The highest BCUT2D eigenvalue weighted by Crippen LogP contribution is 2.47. The molecule has 13 heavy (non-hydrogen) atoms. The minimum absolute atomic E-state index is 0.630. The molecule has 0 aromatic heterocycles. The van der Waals surface area contributed by atoms with Crippen LogP contribution in [0.15, 0.2) is 0 Å². The second-order valence-electron chi connectivity index (χ2n) is 4.72. The molecule has 0 N–H and O–H groups in total. The molecule has 0 bridgehead atoms. The largest absolute Gasteiger partial charge is 0.0654 e. The first-order valence-corrected chi connectivity index (χ1v) is 6.08. The van der Waals surface area contributed by atoms with E-state index in [1.165, 1.54) is 51.4 Å². The van der Waals surface area contributed by atoms with Crippen LogP contribution in [0.3, 0.4) is 0 Å². The average Bonchev–Trinajstić information content (AvgIpc) is 2.31. The standard InChI is InChI=1S/C13H25/c1-4-10-13(5-2)11-8-6-7-9-12(13)3/h4-11H2,1-3H3. The molecular weight excluding hydrogens is 156 g/mol. The van der Waals surface area contributed by atoms with Crippen LogP contribution in [-0.2, 0) is 0 Å². The zero-order valence-corrected chi connectivity index (χ0v) is 9.66. The van der Waals surface area contributed by atoms with Crippen LogP contribution in [-0.4, -0.2) is 0 Å². The van der Waals surface area contributed by atoms with Crippen LogP contribution in [0, 0.1) is 11.3 Å². The highest BCUT2D eigenvalue weighted by Gasteiger charge is 2.34. The molecule has 1 saturated carbocycles. The quantitative estimate of drug-likeness (QED) is 0.552. The fourth-order valence-corrected chi connectivity index (χ4v) is 2.98. The molecule has 0 nitrogen and oxygen atoms in total. The van der Waals surface area contributed by atoms with Gasteiger partial charge in [-0.1, -0.05) is 46.5 Å². The van der Waals surface area contributed by atoms with Crippen LogP contribution < -0.4 is 0 Å². The van der Waals surface area contributed by atoms with Gasteiger partial charge in [-0.2, -0.15) is 0 Å². The van der Waals surface area contributed by atoms with Crippen molar-refractivity contribution < 1.29 is 0 Å². The van der Waals surface area contributed by atoms with Crippen molar-refractivity contribution in [1.29, 1.82) is 0 Å². The highest BCUT2D eigenvalue weighted by molar-refractivity contribution is 5.04. The van der Waals surface area contributed by atoms with Gasteiger partial charge in [0, 0.05) is 0 Å². The van der Waals surface area contributed by atoms with Gasteiger partial charge in [-0.15, -0.1) is 0 Å². The molecule has 0 amide bonds. The predicted octanol–water partition coefficient (Wildman–Crippen LogP) is 4.74. The summed E-state index contributed by atoms with van der Waals surface area (Å²) in [7, 11) is 0. The van der Waals surface area contributed by atoms with E-state index in [9.17, 15) is 0 Å². The molecule has 1 fully saturated rings. The Labute approximate surface area is 84.1 Å². The van der Waals surface area contributed by atoms with E-state index >= 15 is 0 Å². The third-order valence-electron chi connectivity index (χ3n) is 4.02. The van der Waals surface area contributed by atoms with E-state index in [1.807, 2.05) is 0 Å². The van der Waals surface area contributed by atoms with Gasteiger partial charge in [-0.3, -0.25) is 0 Å². The number of rotatable bonds is 3. The Bertz CT molecular complexity index is 139. The Hall–Kier alpha value is 0. The molecule has 77 valence electrons. The topological polar surface area (TPSA) is 0 Å². The Morgan fingerprint density at radius 3 is 2.54 bits per heavy atom. The average molecular weight is 181 g/mol. The van der Waals surface area contributed by atoms with Crippen molar-refractivity contribution in [3.63, 3.8) is 0 Å². The summed E-state index contributed by atoms with van der Waals surface area (Å²) in [6.45, 7) is 7.12. The summed E-state index contributed by atoms with van der Waals surface area (Å²) in [4.78, 5) is 0. The Balaban J connectivity index is 2.66. The van der Waals surface area contributed by atoms with Crippen LogP contribution in [0.1, 0.15) is 72.1 Å². The van der Waals surface area contributed by atoms with Crippen molar-refractivity contribution in [1.82, 2.24) is 0 Å². The van der Waals surface area contributed by atoms with E-state index in [0.717, 1.165) is 0 Å². The molecule has 0 heterocycles. The van der Waals surface area contributed by atoms with Crippen molar-refractivity contribution in [2.75, 3.05) is 0 Å². The third kappa shape index (κ3) is 2.48. The molecule has 1 rings (SSSR count). The summed E-state index contributed by atoms with van der Waals surface area (Å²) in [5.74, 6) is 1.80. The molecule has 0 heteroatoms. The lowest BCUT2D eigenvalue weighted by molar-refractivity contribution is 0.242. The second kappa shape index (κ2) is 5.02. The van der Waals surface area contributed by atoms with Crippen LogP contribution >= 0.6 is 0 Å². The van der Waals surface area contributed by atoms with Gasteiger partial charge >= 0.3 is 0 Å². The fraction of sp³-hybridized carbons (Fsp3) is 0.923. The maximum absolute atomic E-state index is 2.41. The molecule has 1 atom stereocenters. The molecule has 0 spiro atoms. The van der Waals surface area contributed by atoms with E-state index in [4.69, 9.17) is 0 Å². The van der Waals surface area contributed by atoms with Crippen molar-refractivity contribution in [2.45, 2.75) is 72.1 Å². The first-order valence-electron chi connectivity index (χ1n) is 6.08. The zero-order chi connectivity index (χ0) is 9.73. The van der Waals surface area contributed by atoms with E-state index in [0.29, 0.717) is 5.41 Å². The predicted molar refractivity (Wildman–Crippen MR) is 59.6 cm³/mol. The van der Waals surface area contributed by atoms with Crippen molar-refractivity contribution in [3.8, 4) is 0 Å². The summed E-state index contributed by atoms with van der Waals surface area (Å²) in [5, 5.41) is 0. The lowest BCUT2D eigenvalue weighted by Gasteiger charge is -2.37. The summed E-state index contributed by atoms with van der Waals surface area (Å²) in [5.41, 5.74) is 0.630. The SMILES string of the molecule is CCCC1(CC)CCCCC[C]1C. The van der Waals surface area contributed by atoms with Gasteiger partial charge in [0.2, 0.25) is 0 Å². The van der Waals surface area contributed by atoms with Crippen LogP contribution in [0.2, 0.25) is 0 Å². The number of hydrogen-bond acceptors (Lipinski definition) is 0. The van der Waals surface area contributed by atoms with E-state index in [-0.39, 0.29) is 0 Å². The molecule has 1 unspecified atom stereocenters. The lowest BCUT2D eigenvalue weighted by Crippen LogP contribution is -2.25. The van der Waals surface area contributed by atoms with Crippen molar-refractivity contribution >= 4 is 0 Å². The van der Waals surface area contributed by atoms with Crippen molar-refractivity contribution in [2.24, 2.45) is 5.41 Å². The molecular formula is C13H25. The Morgan fingerprint density at radius 2 is 1.92 bits per heavy atom. The van der Waals surface area contributed by atoms with Gasteiger partial charge in [0.25, 0.3) is 0 Å². The second-order valence-corrected chi connectivity index (χ2v) is 4.72. The van der Waals surface area contributed by atoms with Crippen LogP contribution in [0.25, 0.3) is 0 Å². The van der Waals surface area contributed by atoms with E-state index in [2.05, 4.69) is 20.8 Å². The summed E-state index contributed by atoms with van der Waals surface area (Å²) in [6.07, 6.45) is 11.4. The Morgan fingerprint density at radius 1 is 1.15 bits per heavy atom. The van der Waals surface area contributed by atoms with Crippen LogP contribution in [0.5, 0.6) is 0 Å². The van der Waals surface area contributed by atoms with Crippen LogP contribution in [0.4, 0.5) is 0 Å². The third-order valence-corrected chi connectivity index (χ3v) is 4.02. The summed E-state index contributed by atoms with van der Waals surface area (Å²) in [6, 6.07) is 0. The van der Waals surface area contributed by atoms with Gasteiger partial charge in [0.15, 0.2) is 0 Å². The monoisotopic (exact) mass is 181 g/mol. The number of hydrogen-bond donors (Lipinski definition) is 0. The first-order chi connectivity index (χ1) is 6.25. The first kappa shape index (κ1) is 11.1. The molecule has 0 aromatic carbocycles. The summed E-state index contributed by atoms with van der Waals surface area (Å²) < 4.78 is 0. The fourth-order valence-electron chi connectivity index (χ4n) is 2.98. The minimum Gasteiger partial charge on any atom is -0.0654 e. The molecule has 1 aliphatic carbocycles. The lowest BCUT2D eigenvalue weighted by atomic mass is 9.68. The maximum Gasteiger partial charge on any atom is -0.0210 e. The van der Waals surface area contributed by atoms with Gasteiger partial charge in [0.05, 0.1) is 0 Å². The van der Waals surface area contributed by atoms with Gasteiger partial charge in [-0.25, -0.2) is 0 Å². The smallest absolute Gasteiger partial charge is 0.0210 e. The molecule has 0 saturated heterocycles.